The fourth-order valence-corrected chi connectivity index (χ4v) is 6.23. The van der Waals surface area contributed by atoms with E-state index < -0.39 is 35.6 Å². The lowest BCUT2D eigenvalue weighted by atomic mass is 9.73. The molecule has 2 aliphatic rings. The largest absolute Gasteiger partial charge is 0.458 e. The molecule has 1 aromatic carbocycles. The molecule has 0 radical (unpaired) electrons. The monoisotopic (exact) mass is 596 g/mol. The van der Waals surface area contributed by atoms with Crippen LogP contribution in [0.25, 0.3) is 6.08 Å². The molecule has 0 saturated carbocycles. The molecule has 4 rings (SSSR count). The first-order valence-corrected chi connectivity index (χ1v) is 15.8. The molecule has 2 fully saturated rings. The first-order chi connectivity index (χ1) is 20.0. The number of nitrogens with zero attached hydrogens (tertiary/aromatic N) is 2. The number of aromatic nitrogens is 1. The lowest BCUT2D eigenvalue weighted by Gasteiger charge is -2.34. The van der Waals surface area contributed by atoms with E-state index >= 15 is 0 Å². The lowest BCUT2D eigenvalue weighted by Crippen LogP contribution is -2.45. The molecule has 7 atom stereocenters. The minimum atomic E-state index is -1.25. The highest BCUT2D eigenvalue weighted by Gasteiger charge is 2.44. The Hall–Kier alpha value is -2.72. The number of fused-ring (bicyclic) bond motifs is 1. The van der Waals surface area contributed by atoms with Gasteiger partial charge in [0.05, 0.1) is 54.7 Å². The maximum Gasteiger partial charge on any atom is 0.309 e. The smallest absolute Gasteiger partial charge is 0.309 e. The summed E-state index contributed by atoms with van der Waals surface area (Å²) >= 11 is 1.49. The number of thiazole rings is 1. The molecule has 2 N–H and O–H groups in total. The van der Waals surface area contributed by atoms with E-state index in [-0.39, 0.29) is 30.3 Å². The standard InChI is InChI=1S/C33H44N2O6S/c1-20-10-9-13-25-27(40-25)15-26(41-30(37)16-28(36)33(4,5)32(39)22(3)31(20)38)21(2)14-24-19-42-29(35-24)18-34-17-23-11-7-6-8-12-23/h6-8,11-12,14,18-20,22,25-28,31,36,38H,9-10,13,15-17H2,1-5H3. The number of ketones is 1. The van der Waals surface area contributed by atoms with Crippen LogP contribution in [-0.2, 0) is 25.6 Å². The Balaban J connectivity index is 1.47. The highest BCUT2D eigenvalue weighted by Crippen LogP contribution is 2.36. The van der Waals surface area contributed by atoms with E-state index in [9.17, 15) is 19.8 Å². The van der Waals surface area contributed by atoms with Gasteiger partial charge in [-0.1, -0.05) is 64.4 Å². The van der Waals surface area contributed by atoms with Gasteiger partial charge in [-0.15, -0.1) is 11.3 Å². The van der Waals surface area contributed by atoms with Crippen molar-refractivity contribution in [3.8, 4) is 0 Å². The minimum absolute atomic E-state index is 0.0303. The van der Waals surface area contributed by atoms with E-state index in [1.54, 1.807) is 27.0 Å². The predicted molar refractivity (Wildman–Crippen MR) is 164 cm³/mol. The van der Waals surface area contributed by atoms with Crippen molar-refractivity contribution < 1.29 is 29.3 Å². The Morgan fingerprint density at radius 1 is 1.14 bits per heavy atom. The number of carbonyl (C=O) groups is 2. The average molecular weight is 597 g/mol. The van der Waals surface area contributed by atoms with Gasteiger partial charge >= 0.3 is 5.97 Å². The van der Waals surface area contributed by atoms with Gasteiger partial charge in [0.2, 0.25) is 0 Å². The van der Waals surface area contributed by atoms with Crippen LogP contribution in [0, 0.1) is 17.3 Å². The van der Waals surface area contributed by atoms with Crippen LogP contribution < -0.4 is 0 Å². The summed E-state index contributed by atoms with van der Waals surface area (Å²) in [7, 11) is 0. The molecule has 228 valence electrons. The molecule has 7 unspecified atom stereocenters. The summed E-state index contributed by atoms with van der Waals surface area (Å²) in [4.78, 5) is 35.5. The lowest BCUT2D eigenvalue weighted by molar-refractivity contribution is -0.154. The van der Waals surface area contributed by atoms with E-state index in [1.165, 1.54) is 11.3 Å². The first kappa shape index (κ1) is 32.2. The van der Waals surface area contributed by atoms with Crippen LogP contribution in [0.1, 0.15) is 83.0 Å². The average Bonchev–Trinajstić information content (AvgIpc) is 3.55. The van der Waals surface area contributed by atoms with Crippen LogP contribution in [0.4, 0.5) is 0 Å². The van der Waals surface area contributed by atoms with Crippen molar-refractivity contribution >= 4 is 35.4 Å². The van der Waals surface area contributed by atoms with Gasteiger partial charge in [-0.25, -0.2) is 4.98 Å². The van der Waals surface area contributed by atoms with E-state index in [0.717, 1.165) is 41.1 Å². The number of aliphatic hydroxyl groups excluding tert-OH is 2. The summed E-state index contributed by atoms with van der Waals surface area (Å²) in [5.41, 5.74) is 1.49. The van der Waals surface area contributed by atoms with Crippen molar-refractivity contribution in [2.75, 3.05) is 0 Å². The number of carbonyl (C=O) groups excluding carboxylic acids is 2. The second-order valence-corrected chi connectivity index (χ2v) is 13.3. The molecule has 3 heterocycles. The quantitative estimate of drug-likeness (QED) is 0.269. The van der Waals surface area contributed by atoms with Crippen molar-refractivity contribution in [2.24, 2.45) is 22.2 Å². The summed E-state index contributed by atoms with van der Waals surface area (Å²) in [6.07, 6.45) is 3.75. The second-order valence-electron chi connectivity index (χ2n) is 12.4. The molecular formula is C33H44N2O6S. The summed E-state index contributed by atoms with van der Waals surface area (Å²) in [5, 5.41) is 24.5. The molecular weight excluding hydrogens is 552 g/mol. The summed E-state index contributed by atoms with van der Waals surface area (Å²) in [6.45, 7) is 9.38. The van der Waals surface area contributed by atoms with Gasteiger partial charge in [-0.3, -0.25) is 14.6 Å². The molecule has 2 aliphatic heterocycles. The summed E-state index contributed by atoms with van der Waals surface area (Å²) in [6, 6.07) is 10.0. The Morgan fingerprint density at radius 2 is 1.88 bits per heavy atom. The van der Waals surface area contributed by atoms with Crippen molar-refractivity contribution in [1.82, 2.24) is 4.98 Å². The number of cyclic esters (lactones) is 1. The molecule has 0 aliphatic carbocycles. The van der Waals surface area contributed by atoms with E-state index in [2.05, 4.69) is 9.98 Å². The fraction of sp³-hybridized carbons (Fsp3) is 0.576. The number of aliphatic imine (C=N–C) groups is 1. The Kier molecular flexibility index (Phi) is 10.9. The van der Waals surface area contributed by atoms with Crippen LogP contribution in [-0.4, -0.2) is 63.7 Å². The van der Waals surface area contributed by atoms with Crippen LogP contribution in [0.3, 0.4) is 0 Å². The highest BCUT2D eigenvalue weighted by atomic mass is 32.1. The number of hydrogen-bond acceptors (Lipinski definition) is 9. The van der Waals surface area contributed by atoms with E-state index in [1.807, 2.05) is 55.6 Å². The van der Waals surface area contributed by atoms with Crippen LogP contribution >= 0.6 is 11.3 Å². The molecule has 42 heavy (non-hydrogen) atoms. The van der Waals surface area contributed by atoms with Crippen molar-refractivity contribution in [1.29, 1.82) is 0 Å². The number of ether oxygens (including phenoxy) is 2. The highest BCUT2D eigenvalue weighted by molar-refractivity contribution is 7.11. The predicted octanol–water partition coefficient (Wildman–Crippen LogP) is 5.40. The third-order valence-electron chi connectivity index (χ3n) is 8.63. The zero-order valence-electron chi connectivity index (χ0n) is 25.2. The maximum atomic E-state index is 13.3. The Bertz CT molecular complexity index is 1270. The van der Waals surface area contributed by atoms with Gasteiger partial charge in [0.25, 0.3) is 0 Å². The van der Waals surface area contributed by atoms with Gasteiger partial charge in [-0.05, 0) is 42.9 Å². The van der Waals surface area contributed by atoms with Gasteiger partial charge in [-0.2, -0.15) is 0 Å². The Morgan fingerprint density at radius 3 is 2.62 bits per heavy atom. The zero-order valence-corrected chi connectivity index (χ0v) is 26.0. The topological polar surface area (TPSA) is 122 Å². The zero-order chi connectivity index (χ0) is 30.4. The Labute approximate surface area is 252 Å². The van der Waals surface area contributed by atoms with Gasteiger partial charge in [0, 0.05) is 17.7 Å². The van der Waals surface area contributed by atoms with Crippen LogP contribution in [0.5, 0.6) is 0 Å². The minimum Gasteiger partial charge on any atom is -0.458 e. The number of hydrogen-bond donors (Lipinski definition) is 2. The number of epoxide rings is 1. The number of aliphatic hydroxyl groups is 2. The fourth-order valence-electron chi connectivity index (χ4n) is 5.57. The molecule has 1 aromatic heterocycles. The molecule has 8 nitrogen and oxygen atoms in total. The summed E-state index contributed by atoms with van der Waals surface area (Å²) < 4.78 is 11.8. The van der Waals surface area contributed by atoms with Crippen molar-refractivity contribution in [2.45, 2.75) is 104 Å². The maximum absolute atomic E-state index is 13.3. The molecule has 0 bridgehead atoms. The molecule has 9 heteroatoms. The van der Waals surface area contributed by atoms with E-state index in [0.29, 0.717) is 13.0 Å². The number of rotatable bonds is 5. The molecule has 2 aromatic rings. The molecule has 0 amide bonds. The van der Waals surface area contributed by atoms with E-state index in [4.69, 9.17) is 9.47 Å². The SMILES string of the molecule is CC(=Cc1csc(C=NCc2ccccc2)n1)C1CC2OC2CCCC(C)C(O)C(C)C(=O)C(C)(C)C(O)CC(=O)O1. The van der Waals surface area contributed by atoms with Gasteiger partial charge in [0.15, 0.2) is 0 Å². The first-order valence-electron chi connectivity index (χ1n) is 14.9. The van der Waals surface area contributed by atoms with Crippen molar-refractivity contribution in [3.63, 3.8) is 0 Å². The van der Waals surface area contributed by atoms with Crippen LogP contribution in [0.15, 0.2) is 46.3 Å². The van der Waals surface area contributed by atoms with Gasteiger partial charge in [0.1, 0.15) is 16.9 Å². The van der Waals surface area contributed by atoms with Gasteiger partial charge < -0.3 is 19.7 Å². The number of Topliss-reactive ketones (excluding diaryl/α,β-unsaturated/α-hetero) is 1. The van der Waals surface area contributed by atoms with Crippen LogP contribution in [0.2, 0.25) is 0 Å². The second kappa shape index (κ2) is 14.2. The molecule has 2 saturated heterocycles. The normalized spacial score (nSPS) is 31.5. The number of benzene rings is 1. The number of esters is 1. The summed E-state index contributed by atoms with van der Waals surface area (Å²) in [5.74, 6) is -1.59. The third-order valence-corrected chi connectivity index (χ3v) is 9.43. The molecule has 0 spiro atoms. The third kappa shape index (κ3) is 8.43. The van der Waals surface area contributed by atoms with Crippen molar-refractivity contribution in [3.05, 3.63) is 57.6 Å².